The van der Waals surface area contributed by atoms with Gasteiger partial charge in [-0.1, -0.05) is 43.6 Å². The highest BCUT2D eigenvalue weighted by molar-refractivity contribution is 5.73. The van der Waals surface area contributed by atoms with E-state index in [-0.39, 0.29) is 29.4 Å². The number of unbranched alkanes of at least 4 members (excludes halogenated alkanes) is 2. The summed E-state index contributed by atoms with van der Waals surface area (Å²) in [7, 11) is 5.18. The van der Waals surface area contributed by atoms with Gasteiger partial charge < -0.3 is 20.0 Å². The van der Waals surface area contributed by atoms with Gasteiger partial charge in [-0.05, 0) is 57.1 Å². The van der Waals surface area contributed by atoms with Gasteiger partial charge in [0.1, 0.15) is 11.5 Å². The molecule has 2 rings (SSSR count). The van der Waals surface area contributed by atoms with Crippen LogP contribution in [0.15, 0.2) is 29.9 Å². The lowest BCUT2D eigenvalue weighted by Crippen LogP contribution is -2.36. The van der Waals surface area contributed by atoms with Gasteiger partial charge >= 0.3 is 6.03 Å². The van der Waals surface area contributed by atoms with E-state index >= 15 is 0 Å². The number of aryl methyl sites for hydroxylation is 1. The van der Waals surface area contributed by atoms with Gasteiger partial charge in [-0.3, -0.25) is 0 Å². The van der Waals surface area contributed by atoms with Crippen LogP contribution in [0.25, 0.3) is 0 Å². The van der Waals surface area contributed by atoms with Gasteiger partial charge in [0, 0.05) is 38.2 Å². The molecule has 5 nitrogen and oxygen atoms in total. The normalized spacial score (nSPS) is 18.5. The Hall–Kier alpha value is -2.43. The molecule has 2 N–H and O–H groups in total. The molecule has 1 aromatic carbocycles. The molecule has 0 spiro atoms. The van der Waals surface area contributed by atoms with E-state index in [1.165, 1.54) is 10.5 Å². The molecule has 0 saturated carbocycles. The molecule has 0 heterocycles. The largest absolute Gasteiger partial charge is 0.507 e. The third kappa shape index (κ3) is 5.84. The zero-order chi connectivity index (χ0) is 23.3. The van der Waals surface area contributed by atoms with Crippen LogP contribution >= 0.6 is 0 Å². The van der Waals surface area contributed by atoms with E-state index in [1.54, 1.807) is 32.1 Å². The summed E-state index contributed by atoms with van der Waals surface area (Å²) >= 11 is 0. The fourth-order valence-corrected chi connectivity index (χ4v) is 4.61. The number of carbonyl (C=O) groups is 1. The van der Waals surface area contributed by atoms with Crippen molar-refractivity contribution in [1.82, 2.24) is 9.80 Å². The molecule has 0 fully saturated rings. The number of phenols is 2. The maximum atomic E-state index is 12.5. The highest BCUT2D eigenvalue weighted by atomic mass is 16.3. The quantitative estimate of drug-likeness (QED) is 0.397. The number of rotatable bonds is 8. The van der Waals surface area contributed by atoms with Crippen LogP contribution in [0.3, 0.4) is 0 Å². The van der Waals surface area contributed by atoms with Crippen molar-refractivity contribution in [2.45, 2.75) is 71.8 Å². The Morgan fingerprint density at radius 1 is 1.23 bits per heavy atom. The first kappa shape index (κ1) is 24.8. The van der Waals surface area contributed by atoms with E-state index in [0.717, 1.165) is 55.2 Å². The Labute approximate surface area is 188 Å². The number of urea groups is 1. The molecule has 2 amide bonds. The number of phenolic OH excluding ortho intramolecular Hbond substituents is 2. The Morgan fingerprint density at radius 3 is 2.48 bits per heavy atom. The lowest BCUT2D eigenvalue weighted by Gasteiger charge is -2.32. The smallest absolute Gasteiger partial charge is 0.319 e. The number of hydrogen-bond donors (Lipinski definition) is 2. The third-order valence-electron chi connectivity index (χ3n) is 6.38. The molecule has 0 aliphatic heterocycles. The van der Waals surface area contributed by atoms with E-state index in [4.69, 9.17) is 0 Å². The van der Waals surface area contributed by atoms with Gasteiger partial charge in [0.2, 0.25) is 0 Å². The second kappa shape index (κ2) is 10.7. The fourth-order valence-electron chi connectivity index (χ4n) is 4.61. The van der Waals surface area contributed by atoms with Gasteiger partial charge in [0.15, 0.2) is 0 Å². The predicted molar refractivity (Wildman–Crippen MR) is 128 cm³/mol. The van der Waals surface area contributed by atoms with Gasteiger partial charge in [0.05, 0.1) is 6.54 Å². The highest BCUT2D eigenvalue weighted by Gasteiger charge is 2.32. The molecule has 1 aromatic rings. The molecule has 5 heteroatoms. The van der Waals surface area contributed by atoms with Gasteiger partial charge in [-0.2, -0.15) is 0 Å². The fraction of sp³-hybridized carbons (Fsp3) is 0.577. The minimum Gasteiger partial charge on any atom is -0.507 e. The maximum absolute atomic E-state index is 12.5. The molecule has 2 unspecified atom stereocenters. The van der Waals surface area contributed by atoms with Crippen molar-refractivity contribution in [3.05, 3.63) is 46.6 Å². The lowest BCUT2D eigenvalue weighted by molar-refractivity contribution is 0.179. The van der Waals surface area contributed by atoms with Crippen LogP contribution < -0.4 is 0 Å². The van der Waals surface area contributed by atoms with Crippen LogP contribution in [-0.4, -0.2) is 47.2 Å². The summed E-state index contributed by atoms with van der Waals surface area (Å²) in [5, 5.41) is 22.5. The SMILES string of the molecule is C=C(C)C1CCC(C)=CC1c1c(O)cc(CCCCC)c(CN(C)C(=O)N(C)C)c1O. The molecule has 1 aliphatic rings. The van der Waals surface area contributed by atoms with Gasteiger partial charge in [-0.15, -0.1) is 0 Å². The number of amides is 2. The van der Waals surface area contributed by atoms with Crippen molar-refractivity contribution >= 4 is 6.03 Å². The van der Waals surface area contributed by atoms with Crippen molar-refractivity contribution < 1.29 is 15.0 Å². The first-order valence-corrected chi connectivity index (χ1v) is 11.4. The number of nitrogens with zero attached hydrogens (tertiary/aromatic N) is 2. The molecular formula is C26H40N2O3. The summed E-state index contributed by atoms with van der Waals surface area (Å²) in [5.74, 6) is 0.300. The van der Waals surface area contributed by atoms with E-state index < -0.39 is 0 Å². The number of hydrogen-bond acceptors (Lipinski definition) is 3. The van der Waals surface area contributed by atoms with Crippen molar-refractivity contribution in [3.8, 4) is 11.5 Å². The topological polar surface area (TPSA) is 64.0 Å². The Balaban J connectivity index is 2.58. The van der Waals surface area contributed by atoms with E-state index in [2.05, 4.69) is 26.5 Å². The van der Waals surface area contributed by atoms with E-state index in [0.29, 0.717) is 12.1 Å². The number of carbonyl (C=O) groups excluding carboxylic acids is 1. The lowest BCUT2D eigenvalue weighted by atomic mass is 9.73. The zero-order valence-electron chi connectivity index (χ0n) is 20.2. The average molecular weight is 429 g/mol. The standard InChI is InChI=1S/C26H40N2O3/c1-8-9-10-11-19-15-23(29)24(21-14-18(4)12-13-20(21)17(2)3)25(30)22(19)16-28(7)26(31)27(5)6/h14-15,20-21,29-30H,2,8-13,16H2,1,3-7H3. The summed E-state index contributed by atoms with van der Waals surface area (Å²) in [6, 6.07) is 1.68. The zero-order valence-corrected chi connectivity index (χ0v) is 20.2. The number of aromatic hydroxyl groups is 2. The van der Waals surface area contributed by atoms with Crippen molar-refractivity contribution in [1.29, 1.82) is 0 Å². The summed E-state index contributed by atoms with van der Waals surface area (Å²) in [6.07, 6.45) is 8.02. The number of allylic oxidation sites excluding steroid dienone is 3. The molecule has 31 heavy (non-hydrogen) atoms. The molecule has 0 bridgehead atoms. The summed E-state index contributed by atoms with van der Waals surface area (Å²) < 4.78 is 0. The third-order valence-corrected chi connectivity index (χ3v) is 6.38. The average Bonchev–Trinajstić information content (AvgIpc) is 2.69. The van der Waals surface area contributed by atoms with Crippen molar-refractivity contribution in [3.63, 3.8) is 0 Å². The summed E-state index contributed by atoms with van der Waals surface area (Å²) in [4.78, 5) is 15.6. The first-order chi connectivity index (χ1) is 14.6. The van der Waals surface area contributed by atoms with E-state index in [9.17, 15) is 15.0 Å². The number of benzene rings is 1. The molecule has 2 atom stereocenters. The van der Waals surface area contributed by atoms with Crippen LogP contribution in [0.1, 0.15) is 75.5 Å². The molecule has 0 aromatic heterocycles. The van der Waals surface area contributed by atoms with Crippen LogP contribution in [0, 0.1) is 5.92 Å². The first-order valence-electron chi connectivity index (χ1n) is 11.4. The highest BCUT2D eigenvalue weighted by Crippen LogP contribution is 2.48. The minimum atomic E-state index is -0.123. The Morgan fingerprint density at radius 2 is 1.90 bits per heavy atom. The van der Waals surface area contributed by atoms with Crippen molar-refractivity contribution in [2.24, 2.45) is 5.92 Å². The van der Waals surface area contributed by atoms with Crippen LogP contribution in [0.2, 0.25) is 0 Å². The van der Waals surface area contributed by atoms with Gasteiger partial charge in [0.25, 0.3) is 0 Å². The van der Waals surface area contributed by atoms with E-state index in [1.807, 2.05) is 6.92 Å². The molecule has 172 valence electrons. The minimum absolute atomic E-state index is 0.118. The Kier molecular flexibility index (Phi) is 8.60. The maximum Gasteiger partial charge on any atom is 0.319 e. The van der Waals surface area contributed by atoms with Crippen LogP contribution in [-0.2, 0) is 13.0 Å². The summed E-state index contributed by atoms with van der Waals surface area (Å²) in [6.45, 7) is 10.7. The second-order valence-corrected chi connectivity index (χ2v) is 9.32. The van der Waals surface area contributed by atoms with Crippen LogP contribution in [0.5, 0.6) is 11.5 Å². The molecular weight excluding hydrogens is 388 g/mol. The monoisotopic (exact) mass is 428 g/mol. The molecule has 1 aliphatic carbocycles. The van der Waals surface area contributed by atoms with Crippen molar-refractivity contribution in [2.75, 3.05) is 21.1 Å². The Bertz CT molecular complexity index is 842. The van der Waals surface area contributed by atoms with Crippen LogP contribution in [0.4, 0.5) is 4.79 Å². The molecule has 0 radical (unpaired) electrons. The predicted octanol–water partition coefficient (Wildman–Crippen LogP) is 5.96. The molecule has 0 saturated heterocycles. The summed E-state index contributed by atoms with van der Waals surface area (Å²) in [5.41, 5.74) is 4.52. The van der Waals surface area contributed by atoms with Gasteiger partial charge in [-0.25, -0.2) is 4.79 Å². The second-order valence-electron chi connectivity index (χ2n) is 9.32.